The molecule has 1 unspecified atom stereocenters. The van der Waals surface area contributed by atoms with Crippen molar-refractivity contribution in [2.24, 2.45) is 5.41 Å². The molecule has 98 valence electrons. The van der Waals surface area contributed by atoms with Crippen molar-refractivity contribution < 1.29 is 18.9 Å². The van der Waals surface area contributed by atoms with Gasteiger partial charge in [0.25, 0.3) is 0 Å². The van der Waals surface area contributed by atoms with E-state index in [1.807, 2.05) is 0 Å². The van der Waals surface area contributed by atoms with Gasteiger partial charge in [0, 0.05) is 35.8 Å². The van der Waals surface area contributed by atoms with Gasteiger partial charge in [0.05, 0.1) is 5.41 Å². The van der Waals surface area contributed by atoms with Crippen LogP contribution in [0.1, 0.15) is 32.1 Å². The molecule has 5 nitrogen and oxygen atoms in total. The standard InChI is InChI=1S/C11H19NO4S/c1-17(16)7-6-12-9(13)8-11(10(14)15)4-2-3-5-11/h2-8H2,1H3,(H,12,13)(H,14,15). The van der Waals surface area contributed by atoms with Crippen LogP contribution in [0.3, 0.4) is 0 Å². The van der Waals surface area contributed by atoms with Crippen molar-refractivity contribution in [3.8, 4) is 0 Å². The minimum absolute atomic E-state index is 0.0404. The van der Waals surface area contributed by atoms with Crippen LogP contribution in [0.5, 0.6) is 0 Å². The maximum atomic E-state index is 11.6. The van der Waals surface area contributed by atoms with Crippen LogP contribution in [0.4, 0.5) is 0 Å². The third kappa shape index (κ3) is 4.11. The predicted molar refractivity (Wildman–Crippen MR) is 65.1 cm³/mol. The van der Waals surface area contributed by atoms with Gasteiger partial charge in [-0.05, 0) is 12.8 Å². The lowest BCUT2D eigenvalue weighted by atomic mass is 9.82. The topological polar surface area (TPSA) is 83.5 Å². The Labute approximate surface area is 103 Å². The number of rotatable bonds is 6. The minimum atomic E-state index is -0.936. The summed E-state index contributed by atoms with van der Waals surface area (Å²) in [5.74, 6) is -0.713. The van der Waals surface area contributed by atoms with Crippen molar-refractivity contribution >= 4 is 22.7 Å². The third-order valence-electron chi connectivity index (χ3n) is 3.22. The summed E-state index contributed by atoms with van der Waals surface area (Å²) in [7, 11) is -0.936. The van der Waals surface area contributed by atoms with Crippen molar-refractivity contribution in [3.05, 3.63) is 0 Å². The first-order valence-electron chi connectivity index (χ1n) is 5.76. The molecule has 0 aromatic rings. The maximum absolute atomic E-state index is 11.6. The van der Waals surface area contributed by atoms with Gasteiger partial charge in [-0.1, -0.05) is 12.8 Å². The van der Waals surface area contributed by atoms with E-state index in [9.17, 15) is 18.9 Å². The fourth-order valence-electron chi connectivity index (χ4n) is 2.22. The highest BCUT2D eigenvalue weighted by atomic mass is 32.2. The molecule has 1 fully saturated rings. The van der Waals surface area contributed by atoms with E-state index >= 15 is 0 Å². The zero-order chi connectivity index (χ0) is 12.9. The van der Waals surface area contributed by atoms with Gasteiger partial charge in [0.15, 0.2) is 0 Å². The SMILES string of the molecule is CS(=O)CCNC(=O)CC1(C(=O)O)CCCC1. The van der Waals surface area contributed by atoms with Crippen LogP contribution in [0, 0.1) is 5.41 Å². The molecule has 1 saturated carbocycles. The van der Waals surface area contributed by atoms with Crippen molar-refractivity contribution in [3.63, 3.8) is 0 Å². The van der Waals surface area contributed by atoms with Gasteiger partial charge in [-0.15, -0.1) is 0 Å². The Morgan fingerprint density at radius 2 is 1.94 bits per heavy atom. The van der Waals surface area contributed by atoms with E-state index < -0.39 is 22.2 Å². The largest absolute Gasteiger partial charge is 0.481 e. The van der Waals surface area contributed by atoms with E-state index in [4.69, 9.17) is 0 Å². The Morgan fingerprint density at radius 1 is 1.35 bits per heavy atom. The van der Waals surface area contributed by atoms with Crippen molar-refractivity contribution in [2.45, 2.75) is 32.1 Å². The number of carbonyl (C=O) groups is 2. The number of aliphatic carboxylic acids is 1. The number of carbonyl (C=O) groups excluding carboxylic acids is 1. The lowest BCUT2D eigenvalue weighted by molar-refractivity contribution is -0.151. The molecule has 2 N–H and O–H groups in total. The molecule has 0 spiro atoms. The molecule has 1 atom stereocenters. The maximum Gasteiger partial charge on any atom is 0.310 e. The van der Waals surface area contributed by atoms with Crippen LogP contribution < -0.4 is 5.32 Å². The summed E-state index contributed by atoms with van der Waals surface area (Å²) >= 11 is 0. The number of hydrogen-bond acceptors (Lipinski definition) is 3. The first-order chi connectivity index (χ1) is 7.96. The van der Waals surface area contributed by atoms with Gasteiger partial charge in [-0.3, -0.25) is 13.8 Å². The molecule has 0 aromatic carbocycles. The van der Waals surface area contributed by atoms with Gasteiger partial charge in [0.2, 0.25) is 5.91 Å². The molecule has 0 heterocycles. The summed E-state index contributed by atoms with van der Waals surface area (Å²) in [6.45, 7) is 0.345. The fourth-order valence-corrected chi connectivity index (χ4v) is 2.61. The van der Waals surface area contributed by atoms with Gasteiger partial charge in [0.1, 0.15) is 0 Å². The fraction of sp³-hybridized carbons (Fsp3) is 0.818. The molecule has 6 heteroatoms. The molecule has 0 bridgehead atoms. The molecular formula is C11H19NO4S. The highest BCUT2D eigenvalue weighted by Crippen LogP contribution is 2.41. The van der Waals surface area contributed by atoms with Crippen molar-refractivity contribution in [1.29, 1.82) is 0 Å². The second kappa shape index (κ2) is 6.14. The molecular weight excluding hydrogens is 242 g/mol. The number of hydrogen-bond donors (Lipinski definition) is 2. The number of carboxylic acid groups (broad SMARTS) is 1. The van der Waals surface area contributed by atoms with E-state index in [0.29, 0.717) is 25.1 Å². The van der Waals surface area contributed by atoms with Gasteiger partial charge < -0.3 is 10.4 Å². The second-order valence-corrected chi connectivity index (χ2v) is 6.15. The summed E-state index contributed by atoms with van der Waals surface area (Å²) < 4.78 is 10.8. The highest BCUT2D eigenvalue weighted by molar-refractivity contribution is 7.84. The van der Waals surface area contributed by atoms with Crippen molar-refractivity contribution in [1.82, 2.24) is 5.32 Å². The number of carboxylic acids is 1. The predicted octanol–water partition coefficient (Wildman–Crippen LogP) is 0.516. The van der Waals surface area contributed by atoms with Gasteiger partial charge >= 0.3 is 5.97 Å². The molecule has 1 aliphatic rings. The van der Waals surface area contributed by atoms with E-state index in [1.165, 1.54) is 0 Å². The monoisotopic (exact) mass is 261 g/mol. The first kappa shape index (κ1) is 14.2. The summed E-state index contributed by atoms with van der Waals surface area (Å²) in [6.07, 6.45) is 4.52. The Balaban J connectivity index is 2.43. The third-order valence-corrected chi connectivity index (χ3v) is 4.00. The molecule has 0 aromatic heterocycles. The lowest BCUT2D eigenvalue weighted by Crippen LogP contribution is -2.36. The zero-order valence-electron chi connectivity index (χ0n) is 10.0. The lowest BCUT2D eigenvalue weighted by Gasteiger charge is -2.22. The van der Waals surface area contributed by atoms with Gasteiger partial charge in [-0.2, -0.15) is 0 Å². The molecule has 1 aliphatic carbocycles. The Morgan fingerprint density at radius 3 is 2.41 bits per heavy atom. The molecule has 0 radical (unpaired) electrons. The van der Waals surface area contributed by atoms with Crippen LogP contribution >= 0.6 is 0 Å². The van der Waals surface area contributed by atoms with Crippen LogP contribution in [0.15, 0.2) is 0 Å². The summed E-state index contributed by atoms with van der Waals surface area (Å²) in [5, 5.41) is 11.8. The Bertz CT molecular complexity index is 323. The van der Waals surface area contributed by atoms with E-state index in [1.54, 1.807) is 6.26 Å². The zero-order valence-corrected chi connectivity index (χ0v) is 10.8. The smallest absolute Gasteiger partial charge is 0.310 e. The van der Waals surface area contributed by atoms with Crippen LogP contribution in [0.2, 0.25) is 0 Å². The average Bonchev–Trinajstić information content (AvgIpc) is 2.66. The molecule has 0 aliphatic heterocycles. The molecule has 0 saturated heterocycles. The van der Waals surface area contributed by atoms with E-state index in [0.717, 1.165) is 12.8 Å². The van der Waals surface area contributed by atoms with E-state index in [-0.39, 0.29) is 12.3 Å². The molecule has 17 heavy (non-hydrogen) atoms. The summed E-state index contributed by atoms with van der Waals surface area (Å²) in [4.78, 5) is 22.8. The summed E-state index contributed by atoms with van der Waals surface area (Å²) in [6, 6.07) is 0. The average molecular weight is 261 g/mol. The quantitative estimate of drug-likeness (QED) is 0.730. The number of nitrogens with one attached hydrogen (secondary N) is 1. The van der Waals surface area contributed by atoms with Crippen LogP contribution in [-0.4, -0.2) is 39.7 Å². The normalized spacial score (nSPS) is 19.8. The van der Waals surface area contributed by atoms with E-state index in [2.05, 4.69) is 5.32 Å². The van der Waals surface area contributed by atoms with Gasteiger partial charge in [-0.25, -0.2) is 0 Å². The Hall–Kier alpha value is -0.910. The molecule has 1 amide bonds. The van der Waals surface area contributed by atoms with Crippen molar-refractivity contribution in [2.75, 3.05) is 18.6 Å². The summed E-state index contributed by atoms with van der Waals surface area (Å²) in [5.41, 5.74) is -0.866. The molecule has 1 rings (SSSR count). The second-order valence-electron chi connectivity index (χ2n) is 4.60. The first-order valence-corrected chi connectivity index (χ1v) is 7.49. The number of amides is 1. The Kier molecular flexibility index (Phi) is 5.11. The van der Waals surface area contributed by atoms with Crippen LogP contribution in [-0.2, 0) is 20.4 Å². The highest BCUT2D eigenvalue weighted by Gasteiger charge is 2.42. The minimum Gasteiger partial charge on any atom is -0.481 e. The van der Waals surface area contributed by atoms with Crippen LogP contribution in [0.25, 0.3) is 0 Å².